The average Bonchev–Trinajstić information content (AvgIpc) is 3.05. The lowest BCUT2D eigenvalue weighted by Crippen LogP contribution is -2.55. The van der Waals surface area contributed by atoms with Crippen LogP contribution < -0.4 is 4.74 Å². The van der Waals surface area contributed by atoms with Gasteiger partial charge in [0, 0.05) is 12.0 Å². The molecule has 0 radical (unpaired) electrons. The summed E-state index contributed by atoms with van der Waals surface area (Å²) in [6, 6.07) is 7.94. The Morgan fingerprint density at radius 2 is 1.68 bits per heavy atom. The van der Waals surface area contributed by atoms with Gasteiger partial charge in [0.1, 0.15) is 18.0 Å². The molecule has 0 aromatic heterocycles. The lowest BCUT2D eigenvalue weighted by molar-refractivity contribution is -0.230. The zero-order valence-corrected chi connectivity index (χ0v) is 17.3. The van der Waals surface area contributed by atoms with E-state index < -0.39 is 20.2 Å². The molecule has 0 amide bonds. The second-order valence-corrected chi connectivity index (χ2v) is 13.7. The minimum absolute atomic E-state index is 0.375. The molecule has 140 valence electrons. The number of ether oxygens (including phenoxy) is 2. The average molecular weight is 365 g/mol. The van der Waals surface area contributed by atoms with Gasteiger partial charge in [-0.15, -0.1) is 0 Å². The third-order valence-corrected chi connectivity index (χ3v) is 12.1. The van der Waals surface area contributed by atoms with Gasteiger partial charge < -0.3 is 19.0 Å². The van der Waals surface area contributed by atoms with Gasteiger partial charge >= 0.3 is 0 Å². The number of aliphatic hydroxyl groups is 1. The van der Waals surface area contributed by atoms with Crippen LogP contribution in [0.2, 0.25) is 16.6 Å². The molecule has 1 N–H and O–H groups in total. The Labute approximate surface area is 152 Å². The molecule has 2 heterocycles. The Morgan fingerprint density at radius 1 is 1.08 bits per heavy atom. The largest absolute Gasteiger partial charge is 0.456 e. The molecular formula is C20H32O4Si. The van der Waals surface area contributed by atoms with Crippen LogP contribution in [0.25, 0.3) is 0 Å². The second kappa shape index (κ2) is 6.69. The smallest absolute Gasteiger partial charge is 0.266 e. The Morgan fingerprint density at radius 3 is 2.20 bits per heavy atom. The highest BCUT2D eigenvalue weighted by Crippen LogP contribution is 2.55. The maximum absolute atomic E-state index is 10.7. The molecular weight excluding hydrogens is 332 g/mol. The molecule has 2 aliphatic heterocycles. The van der Waals surface area contributed by atoms with Gasteiger partial charge in [-0.3, -0.25) is 0 Å². The molecule has 0 saturated carbocycles. The number of fused-ring (bicyclic) bond motifs is 1. The van der Waals surface area contributed by atoms with Gasteiger partial charge in [-0.05, 0) is 22.7 Å². The Bertz CT molecular complexity index is 594. The number of aliphatic hydroxyl groups excluding tert-OH is 1. The summed E-state index contributed by atoms with van der Waals surface area (Å²) in [6.45, 7) is 14.1. The van der Waals surface area contributed by atoms with Crippen LogP contribution in [0.4, 0.5) is 0 Å². The van der Waals surface area contributed by atoms with E-state index >= 15 is 0 Å². The summed E-state index contributed by atoms with van der Waals surface area (Å²) in [5, 5.41) is 10.7. The van der Waals surface area contributed by atoms with Crippen LogP contribution in [0, 0.1) is 0 Å². The quantitative estimate of drug-likeness (QED) is 0.763. The van der Waals surface area contributed by atoms with Gasteiger partial charge in [0.05, 0.1) is 6.61 Å². The molecule has 25 heavy (non-hydrogen) atoms. The van der Waals surface area contributed by atoms with Crippen molar-refractivity contribution < 1.29 is 19.0 Å². The van der Waals surface area contributed by atoms with E-state index in [4.69, 9.17) is 13.9 Å². The highest BCUT2D eigenvalue weighted by atomic mass is 28.4. The van der Waals surface area contributed by atoms with Crippen molar-refractivity contribution in [1.29, 1.82) is 0 Å². The molecule has 2 aliphatic rings. The lowest BCUT2D eigenvalue weighted by Gasteiger charge is -2.46. The molecule has 0 bridgehead atoms. The minimum atomic E-state index is -2.16. The summed E-state index contributed by atoms with van der Waals surface area (Å²) in [7, 11) is -2.16. The molecule has 0 aliphatic carbocycles. The first kappa shape index (κ1) is 18.9. The number of hydrogen-bond donors (Lipinski definition) is 1. The third kappa shape index (κ3) is 2.76. The van der Waals surface area contributed by atoms with E-state index in [1.165, 1.54) is 0 Å². The molecule has 1 saturated heterocycles. The summed E-state index contributed by atoms with van der Waals surface area (Å²) in [6.07, 6.45) is -0.476. The SMILES string of the molecule is CC(C)[Si](O[C@@H]1c2ccccc2O[C@]12OCC[C@H]2O)(C(C)C)C(C)C. The zero-order valence-electron chi connectivity index (χ0n) is 16.3. The first-order chi connectivity index (χ1) is 11.8. The normalized spacial score (nSPS) is 29.0. The van der Waals surface area contributed by atoms with Gasteiger partial charge in [0.25, 0.3) is 5.79 Å². The second-order valence-electron chi connectivity index (χ2n) is 8.33. The third-order valence-electron chi connectivity index (χ3n) is 6.05. The Kier molecular flexibility index (Phi) is 5.06. The van der Waals surface area contributed by atoms with Crippen molar-refractivity contribution in [3.63, 3.8) is 0 Å². The highest BCUT2D eigenvalue weighted by Gasteiger charge is 2.61. The van der Waals surface area contributed by atoms with E-state index in [-0.39, 0.29) is 6.10 Å². The van der Waals surface area contributed by atoms with Crippen molar-refractivity contribution in [2.45, 2.75) is 82.6 Å². The molecule has 5 heteroatoms. The summed E-state index contributed by atoms with van der Waals surface area (Å²) in [5.41, 5.74) is 2.37. The molecule has 1 spiro atoms. The highest BCUT2D eigenvalue weighted by molar-refractivity contribution is 6.77. The maximum Gasteiger partial charge on any atom is 0.266 e. The van der Waals surface area contributed by atoms with Crippen molar-refractivity contribution in [2.75, 3.05) is 6.61 Å². The van der Waals surface area contributed by atoms with E-state index in [0.717, 1.165) is 11.3 Å². The predicted molar refractivity (Wildman–Crippen MR) is 101 cm³/mol. The molecule has 3 atom stereocenters. The first-order valence-electron chi connectivity index (χ1n) is 9.53. The van der Waals surface area contributed by atoms with Crippen molar-refractivity contribution in [3.8, 4) is 5.75 Å². The standard InChI is InChI=1S/C20H32O4Si/c1-13(2)25(14(3)4,15(5)6)24-19-16-9-7-8-10-17(16)23-20(19)18(21)11-12-22-20/h7-10,13-15,18-19,21H,11-12H2,1-6H3/t18-,19-,20+/m1/s1. The van der Waals surface area contributed by atoms with Gasteiger partial charge in [-0.1, -0.05) is 59.7 Å². The first-order valence-corrected chi connectivity index (χ1v) is 11.7. The molecule has 4 nitrogen and oxygen atoms in total. The van der Waals surface area contributed by atoms with Crippen molar-refractivity contribution >= 4 is 8.32 Å². The fourth-order valence-electron chi connectivity index (χ4n) is 4.97. The summed E-state index contributed by atoms with van der Waals surface area (Å²) < 4.78 is 19.3. The monoisotopic (exact) mass is 364 g/mol. The van der Waals surface area contributed by atoms with Gasteiger partial charge in [0.15, 0.2) is 0 Å². The number of hydrogen-bond acceptors (Lipinski definition) is 4. The predicted octanol–water partition coefficient (Wildman–Crippen LogP) is 4.79. The van der Waals surface area contributed by atoms with Crippen LogP contribution in [-0.4, -0.2) is 31.9 Å². The van der Waals surface area contributed by atoms with E-state index in [0.29, 0.717) is 29.7 Å². The number of rotatable bonds is 5. The van der Waals surface area contributed by atoms with Crippen LogP contribution >= 0.6 is 0 Å². The van der Waals surface area contributed by atoms with Crippen LogP contribution in [-0.2, 0) is 9.16 Å². The molecule has 3 rings (SSSR count). The molecule has 1 fully saturated rings. The topological polar surface area (TPSA) is 47.9 Å². The van der Waals surface area contributed by atoms with Crippen molar-refractivity contribution in [3.05, 3.63) is 29.8 Å². The Hall–Kier alpha value is -0.883. The summed E-state index contributed by atoms with van der Waals surface area (Å²) in [5.74, 6) is -0.326. The van der Waals surface area contributed by atoms with Crippen LogP contribution in [0.15, 0.2) is 24.3 Å². The zero-order chi connectivity index (χ0) is 18.4. The lowest BCUT2D eigenvalue weighted by atomic mass is 9.99. The van der Waals surface area contributed by atoms with Crippen LogP contribution in [0.5, 0.6) is 5.75 Å². The number of para-hydroxylation sites is 1. The van der Waals surface area contributed by atoms with E-state index in [9.17, 15) is 5.11 Å². The fraction of sp³-hybridized carbons (Fsp3) is 0.700. The van der Waals surface area contributed by atoms with Crippen LogP contribution in [0.3, 0.4) is 0 Å². The maximum atomic E-state index is 10.7. The molecule has 0 unspecified atom stereocenters. The number of benzene rings is 1. The Balaban J connectivity index is 2.08. The minimum Gasteiger partial charge on any atom is -0.456 e. The van der Waals surface area contributed by atoms with Crippen molar-refractivity contribution in [2.24, 2.45) is 0 Å². The van der Waals surface area contributed by atoms with E-state index in [1.807, 2.05) is 24.3 Å². The van der Waals surface area contributed by atoms with E-state index in [1.54, 1.807) is 0 Å². The summed E-state index contributed by atoms with van der Waals surface area (Å²) >= 11 is 0. The molecule has 1 aromatic rings. The van der Waals surface area contributed by atoms with Gasteiger partial charge in [-0.25, -0.2) is 0 Å². The van der Waals surface area contributed by atoms with E-state index in [2.05, 4.69) is 41.5 Å². The molecule has 1 aromatic carbocycles. The summed E-state index contributed by atoms with van der Waals surface area (Å²) in [4.78, 5) is 0. The van der Waals surface area contributed by atoms with Gasteiger partial charge in [-0.2, -0.15) is 0 Å². The van der Waals surface area contributed by atoms with Gasteiger partial charge in [0.2, 0.25) is 8.32 Å². The van der Waals surface area contributed by atoms with Crippen molar-refractivity contribution in [1.82, 2.24) is 0 Å². The van der Waals surface area contributed by atoms with Crippen LogP contribution in [0.1, 0.15) is 59.6 Å². The fourth-order valence-corrected chi connectivity index (χ4v) is 10.5.